The maximum absolute atomic E-state index is 12.7. The first kappa shape index (κ1) is 15.5. The van der Waals surface area contributed by atoms with Crippen molar-refractivity contribution in [2.45, 2.75) is 6.18 Å². The Kier molecular flexibility index (Phi) is 4.20. The summed E-state index contributed by atoms with van der Waals surface area (Å²) in [6.45, 7) is 2.49. The molecule has 22 heavy (non-hydrogen) atoms. The number of hydrogen-bond acceptors (Lipinski definition) is 4. The number of alkyl halides is 3. The average Bonchev–Trinajstić information content (AvgIpc) is 2.46. The molecular weight excluding hydrogens is 315 g/mol. The lowest BCUT2D eigenvalue weighted by Crippen LogP contribution is -2.55. The number of pyridine rings is 1. The summed E-state index contributed by atoms with van der Waals surface area (Å²) in [6, 6.07) is 2.59. The van der Waals surface area contributed by atoms with E-state index in [1.54, 1.807) is 11.0 Å². The van der Waals surface area contributed by atoms with E-state index in [-0.39, 0.29) is 11.8 Å². The molecule has 1 amide bonds. The normalized spacial score (nSPS) is 20.0. The minimum Gasteiger partial charge on any atom is -0.370 e. The lowest BCUT2D eigenvalue weighted by molar-refractivity contribution is -0.141. The van der Waals surface area contributed by atoms with Crippen LogP contribution in [0.4, 0.5) is 18.9 Å². The highest BCUT2D eigenvalue weighted by molar-refractivity contribution is 7.99. The van der Waals surface area contributed by atoms with Crippen molar-refractivity contribution in [3.8, 4) is 0 Å². The van der Waals surface area contributed by atoms with Gasteiger partial charge in [-0.3, -0.25) is 9.78 Å². The van der Waals surface area contributed by atoms with Crippen molar-refractivity contribution >= 4 is 23.4 Å². The Hall–Kier alpha value is -1.44. The van der Waals surface area contributed by atoms with Gasteiger partial charge < -0.3 is 9.80 Å². The molecule has 0 spiro atoms. The smallest absolute Gasteiger partial charge is 0.370 e. The van der Waals surface area contributed by atoms with E-state index in [0.29, 0.717) is 18.8 Å². The molecule has 0 radical (unpaired) electrons. The van der Waals surface area contributed by atoms with Crippen molar-refractivity contribution in [1.29, 1.82) is 0 Å². The fourth-order valence-electron chi connectivity index (χ4n) is 2.66. The van der Waals surface area contributed by atoms with Gasteiger partial charge in [-0.05, 0) is 12.1 Å². The number of amides is 1. The lowest BCUT2D eigenvalue weighted by Gasteiger charge is -2.42. The summed E-state index contributed by atoms with van der Waals surface area (Å²) in [6.07, 6.45) is -3.28. The number of nitrogens with zero attached hydrogens (tertiary/aromatic N) is 3. The minimum absolute atomic E-state index is 0.106. The van der Waals surface area contributed by atoms with Crippen LogP contribution in [0, 0.1) is 5.92 Å². The van der Waals surface area contributed by atoms with E-state index in [1.807, 2.05) is 16.7 Å². The molecule has 3 heterocycles. The summed E-state index contributed by atoms with van der Waals surface area (Å²) in [5.74, 6) is 1.94. The molecule has 0 N–H and O–H groups in total. The quantitative estimate of drug-likeness (QED) is 0.832. The maximum Gasteiger partial charge on any atom is 0.433 e. The molecule has 0 atom stereocenters. The second-order valence-corrected chi connectivity index (χ2v) is 6.66. The molecule has 120 valence electrons. The Morgan fingerprint density at radius 3 is 2.59 bits per heavy atom. The molecule has 0 aromatic carbocycles. The third-order valence-electron chi connectivity index (χ3n) is 3.95. The number of hydrogen-bond donors (Lipinski definition) is 0. The van der Waals surface area contributed by atoms with Gasteiger partial charge in [0.05, 0.1) is 5.92 Å². The number of carbonyl (C=O) groups excluding carboxylic acids is 1. The standard InChI is InChI=1S/C14H16F3N3OS/c15-14(16,17)12-7-11(1-2-18-12)20-8-10(9-20)13(21)19-3-5-22-6-4-19/h1-2,7,10H,3-6,8-9H2. The van der Waals surface area contributed by atoms with Gasteiger partial charge in [0.2, 0.25) is 5.91 Å². The third-order valence-corrected chi connectivity index (χ3v) is 4.90. The Balaban J connectivity index is 1.60. The van der Waals surface area contributed by atoms with E-state index in [2.05, 4.69) is 4.98 Å². The van der Waals surface area contributed by atoms with Gasteiger partial charge >= 0.3 is 6.18 Å². The highest BCUT2D eigenvalue weighted by Gasteiger charge is 2.37. The molecule has 3 rings (SSSR count). The Morgan fingerprint density at radius 1 is 1.27 bits per heavy atom. The van der Waals surface area contributed by atoms with Gasteiger partial charge in [-0.25, -0.2) is 0 Å². The van der Waals surface area contributed by atoms with Gasteiger partial charge in [0.25, 0.3) is 0 Å². The van der Waals surface area contributed by atoms with E-state index in [1.165, 1.54) is 0 Å². The monoisotopic (exact) mass is 331 g/mol. The van der Waals surface area contributed by atoms with Crippen LogP contribution in [0.2, 0.25) is 0 Å². The lowest BCUT2D eigenvalue weighted by atomic mass is 9.97. The highest BCUT2D eigenvalue weighted by Crippen LogP contribution is 2.32. The van der Waals surface area contributed by atoms with Gasteiger partial charge in [-0.15, -0.1) is 0 Å². The molecule has 1 aromatic rings. The van der Waals surface area contributed by atoms with Crippen LogP contribution < -0.4 is 4.90 Å². The van der Waals surface area contributed by atoms with Crippen molar-refractivity contribution in [2.75, 3.05) is 42.6 Å². The zero-order valence-electron chi connectivity index (χ0n) is 11.8. The van der Waals surface area contributed by atoms with Gasteiger partial charge in [-0.2, -0.15) is 24.9 Å². The summed E-state index contributed by atoms with van der Waals surface area (Å²) in [5, 5.41) is 0. The molecular formula is C14H16F3N3OS. The number of carbonyl (C=O) groups is 1. The molecule has 0 unspecified atom stereocenters. The van der Waals surface area contributed by atoms with Gasteiger partial charge in [0.15, 0.2) is 0 Å². The zero-order chi connectivity index (χ0) is 15.7. The van der Waals surface area contributed by atoms with Gasteiger partial charge in [0.1, 0.15) is 5.69 Å². The topological polar surface area (TPSA) is 36.4 Å². The first-order valence-corrected chi connectivity index (χ1v) is 8.25. The Labute approximate surface area is 130 Å². The fraction of sp³-hybridized carbons (Fsp3) is 0.571. The molecule has 2 aliphatic rings. The first-order chi connectivity index (χ1) is 10.4. The molecule has 0 saturated carbocycles. The van der Waals surface area contributed by atoms with E-state index < -0.39 is 11.9 Å². The van der Waals surface area contributed by atoms with Crippen LogP contribution in [-0.2, 0) is 11.0 Å². The summed E-state index contributed by atoms with van der Waals surface area (Å²) < 4.78 is 38.0. The zero-order valence-corrected chi connectivity index (χ0v) is 12.7. The molecule has 0 bridgehead atoms. The maximum atomic E-state index is 12.7. The van der Waals surface area contributed by atoms with Crippen molar-refractivity contribution in [2.24, 2.45) is 5.92 Å². The molecule has 0 aliphatic carbocycles. The SMILES string of the molecule is O=C(C1CN(c2ccnc(C(F)(F)F)c2)C1)N1CCSCC1. The Morgan fingerprint density at radius 2 is 1.95 bits per heavy atom. The summed E-state index contributed by atoms with van der Waals surface area (Å²) in [7, 11) is 0. The third kappa shape index (κ3) is 3.16. The summed E-state index contributed by atoms with van der Waals surface area (Å²) >= 11 is 1.84. The van der Waals surface area contributed by atoms with Crippen LogP contribution in [0.15, 0.2) is 18.3 Å². The molecule has 2 saturated heterocycles. The van der Waals surface area contributed by atoms with Crippen molar-refractivity contribution < 1.29 is 18.0 Å². The summed E-state index contributed by atoms with van der Waals surface area (Å²) in [5.41, 5.74) is -0.423. The molecule has 4 nitrogen and oxygen atoms in total. The molecule has 8 heteroatoms. The average molecular weight is 331 g/mol. The predicted molar refractivity (Wildman–Crippen MR) is 78.8 cm³/mol. The van der Waals surface area contributed by atoms with Crippen LogP contribution in [0.5, 0.6) is 0 Å². The van der Waals surface area contributed by atoms with E-state index in [0.717, 1.165) is 36.9 Å². The van der Waals surface area contributed by atoms with Gasteiger partial charge in [0, 0.05) is 49.6 Å². The van der Waals surface area contributed by atoms with Gasteiger partial charge in [-0.1, -0.05) is 0 Å². The van der Waals surface area contributed by atoms with Crippen LogP contribution >= 0.6 is 11.8 Å². The largest absolute Gasteiger partial charge is 0.433 e. The van der Waals surface area contributed by atoms with Crippen LogP contribution in [0.25, 0.3) is 0 Å². The summed E-state index contributed by atoms with van der Waals surface area (Å²) in [4.78, 5) is 19.3. The van der Waals surface area contributed by atoms with Crippen LogP contribution in [-0.4, -0.2) is 53.5 Å². The van der Waals surface area contributed by atoms with Crippen LogP contribution in [0.1, 0.15) is 5.69 Å². The van der Waals surface area contributed by atoms with Crippen molar-refractivity contribution in [3.05, 3.63) is 24.0 Å². The molecule has 2 aliphatic heterocycles. The van der Waals surface area contributed by atoms with E-state index in [4.69, 9.17) is 0 Å². The second kappa shape index (κ2) is 5.98. The van der Waals surface area contributed by atoms with Crippen molar-refractivity contribution in [3.63, 3.8) is 0 Å². The first-order valence-electron chi connectivity index (χ1n) is 7.10. The van der Waals surface area contributed by atoms with Crippen molar-refractivity contribution in [1.82, 2.24) is 9.88 Å². The molecule has 1 aromatic heterocycles. The fourth-order valence-corrected chi connectivity index (χ4v) is 3.56. The number of rotatable bonds is 2. The van der Waals surface area contributed by atoms with E-state index >= 15 is 0 Å². The van der Waals surface area contributed by atoms with Crippen LogP contribution in [0.3, 0.4) is 0 Å². The molecule has 2 fully saturated rings. The Bertz CT molecular complexity index is 555. The number of anilines is 1. The number of aromatic nitrogens is 1. The van der Waals surface area contributed by atoms with E-state index in [9.17, 15) is 18.0 Å². The minimum atomic E-state index is -4.44. The predicted octanol–water partition coefficient (Wildman–Crippen LogP) is 2.11. The number of halogens is 3. The second-order valence-electron chi connectivity index (χ2n) is 5.44. The number of thioether (sulfide) groups is 1. The highest BCUT2D eigenvalue weighted by atomic mass is 32.2.